The SMILES string of the molecule is CC/C=C\CC1OC1C/C=C\C/C=C\C/C=C\C/C=C\CCC(=O)N[C@@H](CO)[C@H](O)CCCCCCCCCCCCCCC. The van der Waals surface area contributed by atoms with E-state index in [1.165, 1.54) is 70.6 Å². The summed E-state index contributed by atoms with van der Waals surface area (Å²) in [4.78, 5) is 12.3. The van der Waals surface area contributed by atoms with Crippen molar-refractivity contribution < 1.29 is 19.7 Å². The van der Waals surface area contributed by atoms with Crippen LogP contribution in [-0.2, 0) is 9.53 Å². The number of aliphatic hydroxyl groups excluding tert-OH is 2. The summed E-state index contributed by atoms with van der Waals surface area (Å²) in [5.74, 6) is -0.119. The van der Waals surface area contributed by atoms with Crippen LogP contribution in [0.3, 0.4) is 0 Å². The maximum Gasteiger partial charge on any atom is 0.220 e. The minimum Gasteiger partial charge on any atom is -0.394 e. The van der Waals surface area contributed by atoms with Crippen molar-refractivity contribution in [1.82, 2.24) is 5.32 Å². The molecule has 45 heavy (non-hydrogen) atoms. The minimum absolute atomic E-state index is 0.119. The molecule has 0 saturated carbocycles. The molecule has 1 rings (SSSR count). The van der Waals surface area contributed by atoms with Gasteiger partial charge < -0.3 is 20.3 Å². The lowest BCUT2D eigenvalue weighted by Crippen LogP contribution is -2.45. The number of nitrogens with one attached hydrogen (secondary N) is 1. The van der Waals surface area contributed by atoms with Crippen molar-refractivity contribution in [3.63, 3.8) is 0 Å². The number of unbranched alkanes of at least 4 members (excludes halogenated alkanes) is 12. The van der Waals surface area contributed by atoms with Crippen molar-refractivity contribution >= 4 is 5.91 Å². The molecule has 1 amide bonds. The molecule has 1 aliphatic rings. The van der Waals surface area contributed by atoms with Gasteiger partial charge in [0.05, 0.1) is 31.0 Å². The third kappa shape index (κ3) is 25.9. The molecule has 5 heteroatoms. The van der Waals surface area contributed by atoms with Crippen molar-refractivity contribution in [2.45, 2.75) is 179 Å². The van der Waals surface area contributed by atoms with Crippen molar-refractivity contribution in [2.24, 2.45) is 0 Å². The Morgan fingerprint density at radius 3 is 1.64 bits per heavy atom. The van der Waals surface area contributed by atoms with Crippen LogP contribution in [0.15, 0.2) is 60.8 Å². The molecule has 0 aromatic rings. The first kappa shape index (κ1) is 41.1. The number of hydrogen-bond donors (Lipinski definition) is 3. The largest absolute Gasteiger partial charge is 0.394 e. The molecule has 0 aromatic heterocycles. The molecule has 4 atom stereocenters. The second kappa shape index (κ2) is 30.7. The number of amides is 1. The molecule has 1 saturated heterocycles. The van der Waals surface area contributed by atoms with Crippen LogP contribution in [0.1, 0.15) is 155 Å². The van der Waals surface area contributed by atoms with E-state index in [1.807, 2.05) is 6.08 Å². The van der Waals surface area contributed by atoms with E-state index in [1.54, 1.807) is 0 Å². The van der Waals surface area contributed by atoms with Crippen molar-refractivity contribution in [1.29, 1.82) is 0 Å². The molecule has 1 fully saturated rings. The molecule has 0 aromatic carbocycles. The summed E-state index contributed by atoms with van der Waals surface area (Å²) in [6.07, 6.45) is 46.1. The molecule has 0 radical (unpaired) electrons. The van der Waals surface area contributed by atoms with Crippen LogP contribution in [0.2, 0.25) is 0 Å². The molecule has 258 valence electrons. The zero-order chi connectivity index (χ0) is 32.6. The third-order valence-electron chi connectivity index (χ3n) is 8.46. The number of epoxide rings is 1. The molecular weight excluding hydrogens is 558 g/mol. The topological polar surface area (TPSA) is 82.1 Å². The minimum atomic E-state index is -0.694. The average Bonchev–Trinajstić information content (AvgIpc) is 3.80. The van der Waals surface area contributed by atoms with Gasteiger partial charge in [-0.05, 0) is 51.4 Å². The first-order valence-electron chi connectivity index (χ1n) is 18.6. The summed E-state index contributed by atoms with van der Waals surface area (Å²) >= 11 is 0. The molecule has 5 nitrogen and oxygen atoms in total. The first-order valence-corrected chi connectivity index (χ1v) is 18.6. The standard InChI is InChI=1S/C40H69NO4/c1-3-5-7-8-9-10-11-12-15-18-21-24-28-31-37(43)36(35-42)41-40(44)34-30-26-23-20-17-14-13-16-19-22-25-29-33-39-38(45-39)32-27-6-4-2/h6,14,16-17,19,23,25-27,29,36-39,42-43H,3-5,7-13,15,18,20-22,24,28,30-35H2,1-2H3,(H,41,44)/b17-14-,19-16-,26-23-,27-6-,29-25-/t36-,37+,38?,39?/m0/s1. The number of rotatable bonds is 31. The number of allylic oxidation sites excluding steroid dienone is 8. The van der Waals surface area contributed by atoms with Crippen LogP contribution in [-0.4, -0.2) is 47.1 Å². The third-order valence-corrected chi connectivity index (χ3v) is 8.46. The normalized spacial score (nSPS) is 18.3. The van der Waals surface area contributed by atoms with Crippen molar-refractivity contribution in [2.75, 3.05) is 6.61 Å². The van der Waals surface area contributed by atoms with Gasteiger partial charge >= 0.3 is 0 Å². The lowest BCUT2D eigenvalue weighted by atomic mass is 10.0. The molecule has 0 bridgehead atoms. The lowest BCUT2D eigenvalue weighted by Gasteiger charge is -2.22. The van der Waals surface area contributed by atoms with E-state index in [0.29, 0.717) is 31.5 Å². The first-order chi connectivity index (χ1) is 22.1. The Morgan fingerprint density at radius 1 is 0.667 bits per heavy atom. The highest BCUT2D eigenvalue weighted by Gasteiger charge is 2.35. The molecule has 0 aliphatic carbocycles. The van der Waals surface area contributed by atoms with E-state index in [0.717, 1.165) is 51.4 Å². The van der Waals surface area contributed by atoms with E-state index in [9.17, 15) is 15.0 Å². The monoisotopic (exact) mass is 628 g/mol. The highest BCUT2D eigenvalue weighted by molar-refractivity contribution is 5.76. The van der Waals surface area contributed by atoms with E-state index in [-0.39, 0.29) is 12.5 Å². The van der Waals surface area contributed by atoms with Gasteiger partial charge in [0.15, 0.2) is 0 Å². The molecule has 3 N–H and O–H groups in total. The Morgan fingerprint density at radius 2 is 1.13 bits per heavy atom. The Balaban J connectivity index is 1.97. The fourth-order valence-electron chi connectivity index (χ4n) is 5.48. The Labute approximate surface area is 277 Å². The zero-order valence-corrected chi connectivity index (χ0v) is 29.1. The quantitative estimate of drug-likeness (QED) is 0.0406. The predicted molar refractivity (Wildman–Crippen MR) is 192 cm³/mol. The van der Waals surface area contributed by atoms with Crippen molar-refractivity contribution in [3.05, 3.63) is 60.8 Å². The molecule has 0 spiro atoms. The molecular formula is C40H69NO4. The van der Waals surface area contributed by atoms with Crippen LogP contribution in [0.4, 0.5) is 0 Å². The maximum atomic E-state index is 12.3. The maximum absolute atomic E-state index is 12.3. The van der Waals surface area contributed by atoms with E-state index in [2.05, 4.69) is 73.8 Å². The van der Waals surface area contributed by atoms with Crippen LogP contribution in [0.5, 0.6) is 0 Å². The Bertz CT molecular complexity index is 830. The fourth-order valence-corrected chi connectivity index (χ4v) is 5.48. The number of hydrogen-bond acceptors (Lipinski definition) is 4. The van der Waals surface area contributed by atoms with Gasteiger partial charge in [0.25, 0.3) is 0 Å². The second-order valence-electron chi connectivity index (χ2n) is 12.7. The van der Waals surface area contributed by atoms with Crippen LogP contribution in [0, 0.1) is 0 Å². The number of aliphatic hydroxyl groups is 2. The summed E-state index contributed by atoms with van der Waals surface area (Å²) in [7, 11) is 0. The van der Waals surface area contributed by atoms with Crippen LogP contribution < -0.4 is 5.32 Å². The average molecular weight is 628 g/mol. The summed E-state index contributed by atoms with van der Waals surface area (Å²) in [5, 5.41) is 23.0. The van der Waals surface area contributed by atoms with E-state index >= 15 is 0 Å². The Hall–Kier alpha value is -1.95. The van der Waals surface area contributed by atoms with Crippen molar-refractivity contribution in [3.8, 4) is 0 Å². The van der Waals surface area contributed by atoms with Gasteiger partial charge in [-0.1, -0.05) is 158 Å². The van der Waals surface area contributed by atoms with E-state index < -0.39 is 12.1 Å². The Kier molecular flexibility index (Phi) is 28.0. The molecule has 1 aliphatic heterocycles. The smallest absolute Gasteiger partial charge is 0.220 e. The van der Waals surface area contributed by atoms with Gasteiger partial charge in [-0.3, -0.25) is 4.79 Å². The van der Waals surface area contributed by atoms with Crippen LogP contribution in [0.25, 0.3) is 0 Å². The highest BCUT2D eigenvalue weighted by atomic mass is 16.6. The summed E-state index contributed by atoms with van der Waals surface area (Å²) in [6, 6.07) is -0.581. The summed E-state index contributed by atoms with van der Waals surface area (Å²) in [6.45, 7) is 4.19. The zero-order valence-electron chi connectivity index (χ0n) is 29.1. The summed E-state index contributed by atoms with van der Waals surface area (Å²) in [5.41, 5.74) is 0. The van der Waals surface area contributed by atoms with E-state index in [4.69, 9.17) is 4.74 Å². The van der Waals surface area contributed by atoms with Gasteiger partial charge in [-0.2, -0.15) is 0 Å². The van der Waals surface area contributed by atoms with Gasteiger partial charge in [0, 0.05) is 6.42 Å². The van der Waals surface area contributed by atoms with Gasteiger partial charge in [-0.25, -0.2) is 0 Å². The lowest BCUT2D eigenvalue weighted by molar-refractivity contribution is -0.123. The number of carbonyl (C=O) groups excluding carboxylic acids is 1. The molecule has 2 unspecified atom stereocenters. The van der Waals surface area contributed by atoms with Crippen LogP contribution >= 0.6 is 0 Å². The summed E-state index contributed by atoms with van der Waals surface area (Å²) < 4.78 is 5.67. The number of ether oxygens (including phenoxy) is 1. The predicted octanol–water partition coefficient (Wildman–Crippen LogP) is 9.99. The fraction of sp³-hybridized carbons (Fsp3) is 0.725. The van der Waals surface area contributed by atoms with Gasteiger partial charge in [0.1, 0.15) is 0 Å². The number of carbonyl (C=O) groups is 1. The molecule has 1 heterocycles. The van der Waals surface area contributed by atoms with Gasteiger partial charge in [0.2, 0.25) is 5.91 Å². The van der Waals surface area contributed by atoms with Gasteiger partial charge in [-0.15, -0.1) is 0 Å². The second-order valence-corrected chi connectivity index (χ2v) is 12.7. The highest BCUT2D eigenvalue weighted by Crippen LogP contribution is 2.29.